The third-order valence-corrected chi connectivity index (χ3v) is 2.63. The number of ether oxygens (including phenoxy) is 1. The number of nitrogens with zero attached hydrogens (tertiary/aromatic N) is 3. The third kappa shape index (κ3) is 1.66. The zero-order chi connectivity index (χ0) is 9.97. The van der Waals surface area contributed by atoms with Crippen LogP contribution in [0.4, 0.5) is 0 Å². The third-order valence-electron chi connectivity index (χ3n) is 2.63. The van der Waals surface area contributed by atoms with Gasteiger partial charge in [-0.05, 0) is 6.07 Å². The van der Waals surface area contributed by atoms with Crippen LogP contribution in [-0.4, -0.2) is 41.5 Å². The van der Waals surface area contributed by atoms with Gasteiger partial charge in [-0.15, -0.1) is 0 Å². The van der Waals surface area contributed by atoms with E-state index in [1.165, 1.54) is 0 Å². The summed E-state index contributed by atoms with van der Waals surface area (Å²) in [6.45, 7) is 3.46. The molecule has 2 heterocycles. The predicted molar refractivity (Wildman–Crippen MR) is 52.6 cm³/mol. The van der Waals surface area contributed by atoms with Crippen molar-refractivity contribution in [1.29, 1.82) is 0 Å². The molecule has 0 spiro atoms. The Morgan fingerprint density at radius 3 is 3.29 bits per heavy atom. The molecule has 5 heteroatoms. The van der Waals surface area contributed by atoms with Gasteiger partial charge in [-0.3, -0.25) is 9.58 Å². The van der Waals surface area contributed by atoms with Crippen LogP contribution in [0, 0.1) is 0 Å². The first-order valence-electron chi connectivity index (χ1n) is 4.83. The van der Waals surface area contributed by atoms with Gasteiger partial charge in [-0.25, -0.2) is 0 Å². The van der Waals surface area contributed by atoms with Crippen LogP contribution in [-0.2, 0) is 11.3 Å². The highest BCUT2D eigenvalue weighted by Crippen LogP contribution is 2.18. The molecule has 0 saturated carbocycles. The van der Waals surface area contributed by atoms with E-state index in [4.69, 9.17) is 10.5 Å². The molecule has 0 bridgehead atoms. The van der Waals surface area contributed by atoms with Gasteiger partial charge in [0, 0.05) is 26.4 Å². The maximum absolute atomic E-state index is 6.09. The molecule has 0 fully saturated rings. The number of methoxy groups -OCH3 is 1. The van der Waals surface area contributed by atoms with Gasteiger partial charge in [-0.1, -0.05) is 0 Å². The van der Waals surface area contributed by atoms with E-state index in [-0.39, 0.29) is 6.17 Å². The van der Waals surface area contributed by atoms with Gasteiger partial charge in [0.15, 0.2) is 0 Å². The van der Waals surface area contributed by atoms with E-state index in [2.05, 4.69) is 10.00 Å². The van der Waals surface area contributed by atoms with Gasteiger partial charge in [0.05, 0.1) is 18.8 Å². The highest BCUT2D eigenvalue weighted by molar-refractivity contribution is 5.07. The Balaban J connectivity index is 2.05. The van der Waals surface area contributed by atoms with E-state index in [0.29, 0.717) is 0 Å². The summed E-state index contributed by atoms with van der Waals surface area (Å²) in [6, 6.07) is 1.98. The van der Waals surface area contributed by atoms with Crippen molar-refractivity contribution in [3.8, 4) is 0 Å². The molecule has 2 N–H and O–H groups in total. The van der Waals surface area contributed by atoms with Crippen LogP contribution in [0.2, 0.25) is 0 Å². The second kappa shape index (κ2) is 4.08. The first-order valence-corrected chi connectivity index (χ1v) is 4.83. The molecule has 0 aromatic carbocycles. The molecule has 2 rings (SSSR count). The average Bonchev–Trinajstić information content (AvgIpc) is 2.66. The number of hydrogen-bond acceptors (Lipinski definition) is 4. The van der Waals surface area contributed by atoms with Gasteiger partial charge in [0.2, 0.25) is 0 Å². The van der Waals surface area contributed by atoms with E-state index in [0.717, 1.165) is 31.9 Å². The molecule has 1 aromatic rings. The second-order valence-electron chi connectivity index (χ2n) is 3.45. The molecule has 0 saturated heterocycles. The smallest absolute Gasteiger partial charge is 0.101 e. The Labute approximate surface area is 83.4 Å². The standard InChI is InChI=1S/C9H16N4O/c1-14-7-6-12-4-5-13-8(9(12)10)2-3-11-13/h2-3,9H,4-7,10H2,1H3. The lowest BCUT2D eigenvalue weighted by atomic mass is 10.2. The summed E-state index contributed by atoms with van der Waals surface area (Å²) in [4.78, 5) is 2.21. The first kappa shape index (κ1) is 9.64. The molecule has 1 aromatic heterocycles. The number of hydrogen-bond donors (Lipinski definition) is 1. The summed E-state index contributed by atoms with van der Waals surface area (Å²) in [6.07, 6.45) is 1.76. The van der Waals surface area contributed by atoms with E-state index >= 15 is 0 Å². The number of rotatable bonds is 3. The van der Waals surface area contributed by atoms with E-state index < -0.39 is 0 Å². The molecule has 1 aliphatic heterocycles. The molecule has 5 nitrogen and oxygen atoms in total. The normalized spacial score (nSPS) is 22.3. The lowest BCUT2D eigenvalue weighted by Crippen LogP contribution is -2.44. The zero-order valence-corrected chi connectivity index (χ0v) is 8.39. The van der Waals surface area contributed by atoms with Crippen molar-refractivity contribution in [2.75, 3.05) is 26.8 Å². The van der Waals surface area contributed by atoms with Crippen LogP contribution in [0.5, 0.6) is 0 Å². The van der Waals surface area contributed by atoms with Crippen molar-refractivity contribution in [2.45, 2.75) is 12.7 Å². The van der Waals surface area contributed by atoms with Crippen molar-refractivity contribution in [2.24, 2.45) is 5.73 Å². The predicted octanol–water partition coefficient (Wildman–Crippen LogP) is -0.198. The lowest BCUT2D eigenvalue weighted by molar-refractivity contribution is 0.0995. The summed E-state index contributed by atoms with van der Waals surface area (Å²) in [5, 5.41) is 4.20. The monoisotopic (exact) mass is 196 g/mol. The summed E-state index contributed by atoms with van der Waals surface area (Å²) in [7, 11) is 1.71. The maximum Gasteiger partial charge on any atom is 0.101 e. The van der Waals surface area contributed by atoms with Crippen molar-refractivity contribution in [1.82, 2.24) is 14.7 Å². The maximum atomic E-state index is 6.09. The number of aromatic nitrogens is 2. The fourth-order valence-corrected chi connectivity index (χ4v) is 1.79. The summed E-state index contributed by atoms with van der Waals surface area (Å²) < 4.78 is 7.01. The number of nitrogens with two attached hydrogens (primary N) is 1. The molecular weight excluding hydrogens is 180 g/mol. The lowest BCUT2D eigenvalue weighted by Gasteiger charge is -2.33. The van der Waals surface area contributed by atoms with Crippen LogP contribution in [0.15, 0.2) is 12.3 Å². The quantitative estimate of drug-likeness (QED) is 0.727. The van der Waals surface area contributed by atoms with Crippen LogP contribution < -0.4 is 5.73 Å². The van der Waals surface area contributed by atoms with Gasteiger partial charge in [-0.2, -0.15) is 5.10 Å². The molecule has 14 heavy (non-hydrogen) atoms. The topological polar surface area (TPSA) is 56.3 Å². The van der Waals surface area contributed by atoms with E-state index in [9.17, 15) is 0 Å². The van der Waals surface area contributed by atoms with Gasteiger partial charge >= 0.3 is 0 Å². The Kier molecular flexibility index (Phi) is 2.81. The van der Waals surface area contributed by atoms with Gasteiger partial charge in [0.1, 0.15) is 6.17 Å². The Morgan fingerprint density at radius 2 is 2.50 bits per heavy atom. The average molecular weight is 196 g/mol. The molecule has 78 valence electrons. The van der Waals surface area contributed by atoms with Crippen molar-refractivity contribution < 1.29 is 4.74 Å². The molecule has 1 aliphatic rings. The second-order valence-corrected chi connectivity index (χ2v) is 3.45. The molecule has 0 radical (unpaired) electrons. The Morgan fingerprint density at radius 1 is 1.64 bits per heavy atom. The van der Waals surface area contributed by atoms with Crippen molar-refractivity contribution in [3.63, 3.8) is 0 Å². The number of fused-ring (bicyclic) bond motifs is 1. The fraction of sp³-hybridized carbons (Fsp3) is 0.667. The van der Waals surface area contributed by atoms with Crippen molar-refractivity contribution >= 4 is 0 Å². The molecular formula is C9H16N4O. The first-order chi connectivity index (χ1) is 6.83. The van der Waals surface area contributed by atoms with Crippen LogP contribution in [0.1, 0.15) is 11.9 Å². The van der Waals surface area contributed by atoms with Crippen molar-refractivity contribution in [3.05, 3.63) is 18.0 Å². The Hall–Kier alpha value is -0.910. The van der Waals surface area contributed by atoms with Gasteiger partial charge < -0.3 is 10.5 Å². The van der Waals surface area contributed by atoms with Crippen LogP contribution in [0.25, 0.3) is 0 Å². The molecule has 0 aliphatic carbocycles. The van der Waals surface area contributed by atoms with Crippen LogP contribution in [0.3, 0.4) is 0 Å². The highest BCUT2D eigenvalue weighted by Gasteiger charge is 2.23. The largest absolute Gasteiger partial charge is 0.383 e. The fourth-order valence-electron chi connectivity index (χ4n) is 1.79. The van der Waals surface area contributed by atoms with E-state index in [1.807, 2.05) is 10.7 Å². The minimum Gasteiger partial charge on any atom is -0.383 e. The van der Waals surface area contributed by atoms with Gasteiger partial charge in [0.25, 0.3) is 0 Å². The summed E-state index contributed by atoms with van der Waals surface area (Å²) in [5.74, 6) is 0. The summed E-state index contributed by atoms with van der Waals surface area (Å²) >= 11 is 0. The highest BCUT2D eigenvalue weighted by atomic mass is 16.5. The SMILES string of the molecule is COCCN1CCn2nccc2C1N. The zero-order valence-electron chi connectivity index (χ0n) is 8.39. The Bertz CT molecular complexity index is 299. The van der Waals surface area contributed by atoms with Crippen LogP contribution >= 0.6 is 0 Å². The molecule has 0 amide bonds. The van der Waals surface area contributed by atoms with E-state index in [1.54, 1.807) is 13.3 Å². The summed E-state index contributed by atoms with van der Waals surface area (Å²) in [5.41, 5.74) is 7.18. The molecule has 1 atom stereocenters. The minimum atomic E-state index is -0.0404. The molecule has 1 unspecified atom stereocenters. The minimum absolute atomic E-state index is 0.0404.